The van der Waals surface area contributed by atoms with Crippen molar-refractivity contribution in [3.05, 3.63) is 35.9 Å². The van der Waals surface area contributed by atoms with Crippen LogP contribution in [-0.4, -0.2) is 19.8 Å². The minimum absolute atomic E-state index is 0.0231. The topological polar surface area (TPSA) is 35.2 Å². The fourth-order valence-electron chi connectivity index (χ4n) is 1.47. The first-order valence-corrected chi connectivity index (χ1v) is 4.89. The second kappa shape index (κ2) is 4.58. The molecule has 2 N–H and O–H groups in total. The summed E-state index contributed by atoms with van der Waals surface area (Å²) < 4.78 is 5.09. The lowest BCUT2D eigenvalue weighted by atomic mass is 9.78. The van der Waals surface area contributed by atoms with Gasteiger partial charge in [-0.15, -0.1) is 0 Å². The summed E-state index contributed by atoms with van der Waals surface area (Å²) in [6, 6.07) is 10.3. The molecular formula is C12H19NO. The number of ether oxygens (including phenoxy) is 1. The molecule has 1 aromatic carbocycles. The predicted octanol–water partition coefficient (Wildman–Crippen LogP) is 1.94. The molecule has 1 atom stereocenters. The van der Waals surface area contributed by atoms with E-state index in [4.69, 9.17) is 10.5 Å². The molecule has 2 heteroatoms. The molecular weight excluding hydrogens is 174 g/mol. The quantitative estimate of drug-likeness (QED) is 0.793. The van der Waals surface area contributed by atoms with Gasteiger partial charge in [-0.2, -0.15) is 0 Å². The van der Waals surface area contributed by atoms with Gasteiger partial charge in [-0.1, -0.05) is 44.2 Å². The first-order valence-electron chi connectivity index (χ1n) is 4.89. The summed E-state index contributed by atoms with van der Waals surface area (Å²) in [5.41, 5.74) is 7.28. The molecule has 0 aliphatic rings. The first-order chi connectivity index (χ1) is 6.59. The van der Waals surface area contributed by atoms with E-state index in [1.807, 2.05) is 18.2 Å². The van der Waals surface area contributed by atoms with E-state index in [1.54, 1.807) is 7.11 Å². The molecule has 2 nitrogen and oxygen atoms in total. The van der Waals surface area contributed by atoms with E-state index in [-0.39, 0.29) is 11.5 Å². The minimum Gasteiger partial charge on any atom is -0.383 e. The molecule has 0 amide bonds. The molecule has 14 heavy (non-hydrogen) atoms. The Balaban J connectivity index is 2.84. The zero-order chi connectivity index (χ0) is 10.6. The van der Waals surface area contributed by atoms with Gasteiger partial charge in [-0.05, 0) is 5.56 Å². The van der Waals surface area contributed by atoms with Crippen LogP contribution in [-0.2, 0) is 10.2 Å². The molecule has 0 bridgehead atoms. The van der Waals surface area contributed by atoms with Crippen LogP contribution in [0.2, 0.25) is 0 Å². The fraction of sp³-hybridized carbons (Fsp3) is 0.500. The van der Waals surface area contributed by atoms with Crippen LogP contribution in [0, 0.1) is 0 Å². The molecule has 0 spiro atoms. The van der Waals surface area contributed by atoms with Crippen molar-refractivity contribution in [2.45, 2.75) is 25.3 Å². The molecule has 0 aliphatic heterocycles. The smallest absolute Gasteiger partial charge is 0.0622 e. The second-order valence-electron chi connectivity index (χ2n) is 4.15. The van der Waals surface area contributed by atoms with Gasteiger partial charge in [-0.25, -0.2) is 0 Å². The van der Waals surface area contributed by atoms with Crippen LogP contribution in [0.5, 0.6) is 0 Å². The summed E-state index contributed by atoms with van der Waals surface area (Å²) in [5, 5.41) is 0. The molecule has 0 heterocycles. The number of hydrogen-bond acceptors (Lipinski definition) is 2. The number of methoxy groups -OCH3 is 1. The maximum Gasteiger partial charge on any atom is 0.0622 e. The highest BCUT2D eigenvalue weighted by Crippen LogP contribution is 2.25. The van der Waals surface area contributed by atoms with Crippen LogP contribution < -0.4 is 5.73 Å². The zero-order valence-corrected chi connectivity index (χ0v) is 9.16. The SMILES string of the molecule is COCC(N)C(C)(C)c1ccccc1. The highest BCUT2D eigenvalue weighted by molar-refractivity contribution is 5.25. The molecule has 0 fully saturated rings. The molecule has 0 aromatic heterocycles. The highest BCUT2D eigenvalue weighted by Gasteiger charge is 2.27. The van der Waals surface area contributed by atoms with Crippen LogP contribution in [0.4, 0.5) is 0 Å². The van der Waals surface area contributed by atoms with Crippen molar-refractivity contribution in [2.24, 2.45) is 5.73 Å². The average molecular weight is 193 g/mol. The first kappa shape index (κ1) is 11.2. The van der Waals surface area contributed by atoms with E-state index in [0.29, 0.717) is 6.61 Å². The summed E-state index contributed by atoms with van der Waals surface area (Å²) >= 11 is 0. The van der Waals surface area contributed by atoms with Crippen LogP contribution in [0.15, 0.2) is 30.3 Å². The van der Waals surface area contributed by atoms with E-state index in [0.717, 1.165) is 0 Å². The van der Waals surface area contributed by atoms with Crippen LogP contribution in [0.25, 0.3) is 0 Å². The molecule has 0 saturated carbocycles. The summed E-state index contributed by atoms with van der Waals surface area (Å²) in [7, 11) is 1.68. The lowest BCUT2D eigenvalue weighted by molar-refractivity contribution is 0.153. The summed E-state index contributed by atoms with van der Waals surface area (Å²) in [4.78, 5) is 0. The van der Waals surface area contributed by atoms with Crippen molar-refractivity contribution in [1.82, 2.24) is 0 Å². The molecule has 1 rings (SSSR count). The van der Waals surface area contributed by atoms with Crippen LogP contribution >= 0.6 is 0 Å². The fourth-order valence-corrected chi connectivity index (χ4v) is 1.47. The van der Waals surface area contributed by atoms with Gasteiger partial charge in [0.2, 0.25) is 0 Å². The van der Waals surface area contributed by atoms with Gasteiger partial charge in [0, 0.05) is 18.6 Å². The monoisotopic (exact) mass is 193 g/mol. The summed E-state index contributed by atoms with van der Waals surface area (Å²) in [6.07, 6.45) is 0. The largest absolute Gasteiger partial charge is 0.383 e. The van der Waals surface area contributed by atoms with E-state index in [9.17, 15) is 0 Å². The Labute approximate surface area is 86.1 Å². The van der Waals surface area contributed by atoms with E-state index < -0.39 is 0 Å². The number of nitrogens with two attached hydrogens (primary N) is 1. The average Bonchev–Trinajstić information content (AvgIpc) is 2.19. The maximum absolute atomic E-state index is 6.07. The van der Waals surface area contributed by atoms with Crippen molar-refractivity contribution in [2.75, 3.05) is 13.7 Å². The van der Waals surface area contributed by atoms with Gasteiger partial charge in [0.25, 0.3) is 0 Å². The van der Waals surface area contributed by atoms with E-state index >= 15 is 0 Å². The standard InChI is InChI=1S/C12H19NO/c1-12(2,11(13)9-14-3)10-7-5-4-6-8-10/h4-8,11H,9,13H2,1-3H3. The normalized spacial score (nSPS) is 14.0. The lowest BCUT2D eigenvalue weighted by Gasteiger charge is -2.31. The van der Waals surface area contributed by atoms with Crippen molar-refractivity contribution < 1.29 is 4.74 Å². The van der Waals surface area contributed by atoms with Crippen molar-refractivity contribution >= 4 is 0 Å². The van der Waals surface area contributed by atoms with Crippen molar-refractivity contribution in [1.29, 1.82) is 0 Å². The van der Waals surface area contributed by atoms with E-state index in [1.165, 1.54) is 5.56 Å². The van der Waals surface area contributed by atoms with Gasteiger partial charge in [-0.3, -0.25) is 0 Å². The molecule has 1 unspecified atom stereocenters. The Hall–Kier alpha value is -0.860. The number of benzene rings is 1. The third-order valence-corrected chi connectivity index (χ3v) is 2.79. The summed E-state index contributed by atoms with van der Waals surface area (Å²) in [6.45, 7) is 4.87. The van der Waals surface area contributed by atoms with Gasteiger partial charge in [0.1, 0.15) is 0 Å². The third kappa shape index (κ3) is 2.34. The molecule has 1 aromatic rings. The minimum atomic E-state index is -0.0444. The summed E-state index contributed by atoms with van der Waals surface area (Å²) in [5.74, 6) is 0. The number of rotatable bonds is 4. The Kier molecular flexibility index (Phi) is 3.67. The number of hydrogen-bond donors (Lipinski definition) is 1. The van der Waals surface area contributed by atoms with Gasteiger partial charge < -0.3 is 10.5 Å². The zero-order valence-electron chi connectivity index (χ0n) is 9.16. The maximum atomic E-state index is 6.07. The molecule has 0 radical (unpaired) electrons. The Morgan fingerprint density at radius 1 is 1.29 bits per heavy atom. The molecule has 78 valence electrons. The van der Waals surface area contributed by atoms with E-state index in [2.05, 4.69) is 26.0 Å². The predicted molar refractivity (Wildman–Crippen MR) is 59.3 cm³/mol. The highest BCUT2D eigenvalue weighted by atomic mass is 16.5. The molecule has 0 aliphatic carbocycles. The van der Waals surface area contributed by atoms with Crippen molar-refractivity contribution in [3.63, 3.8) is 0 Å². The van der Waals surface area contributed by atoms with Crippen LogP contribution in [0.3, 0.4) is 0 Å². The molecule has 0 saturated heterocycles. The third-order valence-electron chi connectivity index (χ3n) is 2.79. The van der Waals surface area contributed by atoms with Gasteiger partial charge in [0.15, 0.2) is 0 Å². The van der Waals surface area contributed by atoms with Crippen molar-refractivity contribution in [3.8, 4) is 0 Å². The Bertz CT molecular complexity index is 269. The lowest BCUT2D eigenvalue weighted by Crippen LogP contribution is -2.44. The van der Waals surface area contributed by atoms with Gasteiger partial charge >= 0.3 is 0 Å². The Morgan fingerprint density at radius 3 is 2.36 bits per heavy atom. The van der Waals surface area contributed by atoms with Gasteiger partial charge in [0.05, 0.1) is 6.61 Å². The van der Waals surface area contributed by atoms with Crippen LogP contribution in [0.1, 0.15) is 19.4 Å². The Morgan fingerprint density at radius 2 is 1.86 bits per heavy atom. The second-order valence-corrected chi connectivity index (χ2v) is 4.15.